The summed E-state index contributed by atoms with van der Waals surface area (Å²) < 4.78 is 0. The van der Waals surface area contributed by atoms with E-state index in [4.69, 9.17) is 0 Å². The topological polar surface area (TPSA) is 17.1 Å². The van der Waals surface area contributed by atoms with E-state index in [1.165, 1.54) is 28.1 Å². The largest absolute Gasteiger partial charge is 0.295 e. The van der Waals surface area contributed by atoms with Gasteiger partial charge in [-0.3, -0.25) is 4.79 Å². The second kappa shape index (κ2) is 5.39. The molecule has 0 amide bonds. The lowest BCUT2D eigenvalue weighted by Gasteiger charge is -2.18. The fourth-order valence-corrected chi connectivity index (χ4v) is 2.19. The van der Waals surface area contributed by atoms with Gasteiger partial charge in [0.25, 0.3) is 0 Å². The molecule has 3 heteroatoms. The van der Waals surface area contributed by atoms with Crippen LogP contribution in [0.5, 0.6) is 0 Å². The second-order valence-electron chi connectivity index (χ2n) is 5.00. The maximum absolute atomic E-state index is 11.5. The van der Waals surface area contributed by atoms with E-state index in [9.17, 15) is 4.79 Å². The molecule has 0 aromatic heterocycles. The van der Waals surface area contributed by atoms with E-state index in [0.717, 1.165) is 5.56 Å². The summed E-state index contributed by atoms with van der Waals surface area (Å²) in [4.78, 5) is 11.5. The average Bonchev–Trinajstić information content (AvgIpc) is 2.29. The summed E-state index contributed by atoms with van der Waals surface area (Å²) in [5.74, 6) is 0.581. The molecule has 0 heterocycles. The van der Waals surface area contributed by atoms with E-state index in [2.05, 4.69) is 49.1 Å². The Balaban J connectivity index is 3.31. The van der Waals surface area contributed by atoms with E-state index in [1.54, 1.807) is 0 Å². The van der Waals surface area contributed by atoms with E-state index in [-0.39, 0.29) is 5.78 Å². The van der Waals surface area contributed by atoms with Crippen LogP contribution in [0.25, 0.3) is 0 Å². The van der Waals surface area contributed by atoms with Gasteiger partial charge in [0.15, 0.2) is 5.78 Å². The van der Waals surface area contributed by atoms with Crippen LogP contribution in [0.2, 0.25) is 0 Å². The minimum atomic E-state index is 0.0889. The first kappa shape index (κ1) is 13.8. The van der Waals surface area contributed by atoms with E-state index >= 15 is 0 Å². The van der Waals surface area contributed by atoms with Gasteiger partial charge in [-0.2, -0.15) is 0 Å². The third kappa shape index (κ3) is 2.91. The van der Waals surface area contributed by atoms with Crippen LogP contribution in [0.4, 0.5) is 0 Å². The SMILES string of the molecule is Bc1c(CC(=O)C=C)cc(C(C)C)c(B)c1C. The Morgan fingerprint density at radius 2 is 2.00 bits per heavy atom. The molecule has 0 N–H and O–H groups in total. The summed E-state index contributed by atoms with van der Waals surface area (Å²) in [6.45, 7) is 10.1. The monoisotopic (exact) mass is 226 g/mol. The van der Waals surface area contributed by atoms with Crippen LogP contribution in [0.1, 0.15) is 36.5 Å². The Kier molecular flexibility index (Phi) is 4.39. The first-order valence-electron chi connectivity index (χ1n) is 6.13. The normalized spacial score (nSPS) is 10.6. The molecule has 0 spiro atoms. The van der Waals surface area contributed by atoms with Gasteiger partial charge in [-0.25, -0.2) is 0 Å². The molecule has 0 saturated heterocycles. The highest BCUT2D eigenvalue weighted by Crippen LogP contribution is 2.14. The van der Waals surface area contributed by atoms with Crippen molar-refractivity contribution in [2.75, 3.05) is 0 Å². The van der Waals surface area contributed by atoms with Crippen LogP contribution in [0.3, 0.4) is 0 Å². The molecular formula is C14H20B2O. The van der Waals surface area contributed by atoms with Crippen LogP contribution < -0.4 is 10.9 Å². The lowest BCUT2D eigenvalue weighted by molar-refractivity contribution is -0.113. The number of ketones is 1. The maximum Gasteiger partial charge on any atom is 0.159 e. The molecule has 0 aliphatic carbocycles. The molecule has 1 aromatic rings. The summed E-state index contributed by atoms with van der Waals surface area (Å²) in [5.41, 5.74) is 6.39. The Bertz CT molecular complexity index is 462. The number of allylic oxidation sites excluding steroid dienone is 1. The van der Waals surface area contributed by atoms with Crippen LogP contribution in [0, 0.1) is 6.92 Å². The lowest BCUT2D eigenvalue weighted by Crippen LogP contribution is -2.28. The molecule has 0 atom stereocenters. The van der Waals surface area contributed by atoms with Gasteiger partial charge in [-0.05, 0) is 24.5 Å². The zero-order chi connectivity index (χ0) is 13.2. The first-order valence-corrected chi connectivity index (χ1v) is 6.13. The minimum absolute atomic E-state index is 0.0889. The highest BCUT2D eigenvalue weighted by molar-refractivity contribution is 6.41. The molecule has 1 aromatic carbocycles. The zero-order valence-electron chi connectivity index (χ0n) is 11.6. The Morgan fingerprint density at radius 1 is 1.41 bits per heavy atom. The molecule has 1 nitrogen and oxygen atoms in total. The molecule has 88 valence electrons. The Morgan fingerprint density at radius 3 is 2.47 bits per heavy atom. The summed E-state index contributed by atoms with van der Waals surface area (Å²) in [7, 11) is 4.26. The molecule has 17 heavy (non-hydrogen) atoms. The lowest BCUT2D eigenvalue weighted by atomic mass is 9.73. The standard InChI is InChI=1S/C14H20B2O/c1-5-11(17)6-10-7-12(8(2)3)14(16)9(4)13(10)15/h5,7-8H,1,6,15-16H2,2-4H3. The summed E-state index contributed by atoms with van der Waals surface area (Å²) >= 11 is 0. The molecule has 1 rings (SSSR count). The van der Waals surface area contributed by atoms with Gasteiger partial charge in [-0.15, -0.1) is 0 Å². The van der Waals surface area contributed by atoms with Gasteiger partial charge >= 0.3 is 0 Å². The molecule has 0 bridgehead atoms. The number of benzene rings is 1. The van der Waals surface area contributed by atoms with Gasteiger partial charge in [-0.1, -0.05) is 48.5 Å². The number of carbonyl (C=O) groups is 1. The predicted octanol–water partition coefficient (Wildman–Crippen LogP) is -0.0672. The summed E-state index contributed by atoms with van der Waals surface area (Å²) in [6.07, 6.45) is 1.87. The number of hydrogen-bond acceptors (Lipinski definition) is 1. The number of carbonyl (C=O) groups excluding carboxylic acids is 1. The Labute approximate surface area is 106 Å². The smallest absolute Gasteiger partial charge is 0.159 e. The van der Waals surface area contributed by atoms with Crippen molar-refractivity contribution in [1.82, 2.24) is 0 Å². The molecular weight excluding hydrogens is 206 g/mol. The molecule has 0 saturated carbocycles. The van der Waals surface area contributed by atoms with E-state index in [0.29, 0.717) is 12.3 Å². The van der Waals surface area contributed by atoms with Crippen molar-refractivity contribution in [2.24, 2.45) is 0 Å². The molecule has 0 aliphatic heterocycles. The van der Waals surface area contributed by atoms with Gasteiger partial charge in [0.05, 0.1) is 0 Å². The summed E-state index contributed by atoms with van der Waals surface area (Å²) in [6, 6.07) is 2.18. The molecule has 0 fully saturated rings. The van der Waals surface area contributed by atoms with Crippen molar-refractivity contribution in [3.05, 3.63) is 35.4 Å². The molecule has 0 radical (unpaired) electrons. The van der Waals surface area contributed by atoms with E-state index in [1.807, 2.05) is 0 Å². The fraction of sp³-hybridized carbons (Fsp3) is 0.357. The summed E-state index contributed by atoms with van der Waals surface area (Å²) in [5, 5.41) is 0. The van der Waals surface area contributed by atoms with Gasteiger partial charge < -0.3 is 0 Å². The fourth-order valence-electron chi connectivity index (χ4n) is 2.19. The first-order chi connectivity index (χ1) is 7.88. The zero-order valence-corrected chi connectivity index (χ0v) is 11.6. The minimum Gasteiger partial charge on any atom is -0.295 e. The number of hydrogen-bond donors (Lipinski definition) is 0. The highest BCUT2D eigenvalue weighted by atomic mass is 16.1. The van der Waals surface area contributed by atoms with Crippen LogP contribution in [-0.2, 0) is 11.2 Å². The highest BCUT2D eigenvalue weighted by Gasteiger charge is 2.12. The van der Waals surface area contributed by atoms with Crippen LogP contribution >= 0.6 is 0 Å². The van der Waals surface area contributed by atoms with Gasteiger partial charge in [0, 0.05) is 6.42 Å². The Hall–Kier alpha value is -1.24. The second-order valence-corrected chi connectivity index (χ2v) is 5.00. The van der Waals surface area contributed by atoms with Crippen molar-refractivity contribution >= 4 is 32.4 Å². The van der Waals surface area contributed by atoms with Gasteiger partial charge in [0.2, 0.25) is 0 Å². The third-order valence-corrected chi connectivity index (χ3v) is 3.58. The maximum atomic E-state index is 11.5. The molecule has 0 aliphatic rings. The van der Waals surface area contributed by atoms with Crippen molar-refractivity contribution < 1.29 is 4.79 Å². The van der Waals surface area contributed by atoms with Crippen molar-refractivity contribution in [3.8, 4) is 0 Å². The van der Waals surface area contributed by atoms with Crippen molar-refractivity contribution in [2.45, 2.75) is 33.1 Å². The predicted molar refractivity (Wildman–Crippen MR) is 80.5 cm³/mol. The van der Waals surface area contributed by atoms with Crippen molar-refractivity contribution in [3.63, 3.8) is 0 Å². The molecule has 0 unspecified atom stereocenters. The number of rotatable bonds is 4. The third-order valence-electron chi connectivity index (χ3n) is 3.58. The van der Waals surface area contributed by atoms with E-state index < -0.39 is 0 Å². The van der Waals surface area contributed by atoms with Gasteiger partial charge in [0.1, 0.15) is 15.7 Å². The average molecular weight is 226 g/mol. The van der Waals surface area contributed by atoms with Crippen molar-refractivity contribution in [1.29, 1.82) is 0 Å². The van der Waals surface area contributed by atoms with Crippen LogP contribution in [0.15, 0.2) is 18.7 Å². The quantitative estimate of drug-likeness (QED) is 0.518. The van der Waals surface area contributed by atoms with Crippen LogP contribution in [-0.4, -0.2) is 21.5 Å².